The lowest BCUT2D eigenvalue weighted by atomic mass is 10.2. The Morgan fingerprint density at radius 3 is 2.88 bits per heavy atom. The van der Waals surface area contributed by atoms with Gasteiger partial charge in [-0.2, -0.15) is 0 Å². The Morgan fingerprint density at radius 1 is 1.25 bits per heavy atom. The minimum absolute atomic E-state index is 0.353. The SMILES string of the molecule is O=C(OC1=CC=NC=CN1)c1ccccc1. The summed E-state index contributed by atoms with van der Waals surface area (Å²) in [4.78, 5) is 15.5. The number of ether oxygens (including phenoxy) is 1. The van der Waals surface area contributed by atoms with Crippen LogP contribution in [0, 0.1) is 0 Å². The van der Waals surface area contributed by atoms with Crippen molar-refractivity contribution in [3.63, 3.8) is 0 Å². The first kappa shape index (κ1) is 10.2. The molecular weight excluding hydrogens is 204 g/mol. The molecule has 2 rings (SSSR count). The van der Waals surface area contributed by atoms with Gasteiger partial charge in [-0.1, -0.05) is 18.2 Å². The van der Waals surface area contributed by atoms with Crippen LogP contribution >= 0.6 is 0 Å². The lowest BCUT2D eigenvalue weighted by Crippen LogP contribution is -2.13. The quantitative estimate of drug-likeness (QED) is 0.764. The minimum Gasteiger partial charge on any atom is -0.406 e. The van der Waals surface area contributed by atoms with Crippen molar-refractivity contribution < 1.29 is 9.53 Å². The maximum atomic E-state index is 11.7. The van der Waals surface area contributed by atoms with Gasteiger partial charge in [0.2, 0.25) is 5.88 Å². The van der Waals surface area contributed by atoms with Crippen molar-refractivity contribution in [2.24, 2.45) is 4.99 Å². The molecule has 0 aliphatic carbocycles. The van der Waals surface area contributed by atoms with E-state index in [-0.39, 0.29) is 0 Å². The number of nitrogens with zero attached hydrogens (tertiary/aromatic N) is 1. The number of esters is 1. The summed E-state index contributed by atoms with van der Waals surface area (Å²) in [5.74, 6) is -0.0468. The van der Waals surface area contributed by atoms with E-state index >= 15 is 0 Å². The fourth-order valence-corrected chi connectivity index (χ4v) is 1.17. The molecule has 1 heterocycles. The molecule has 0 saturated heterocycles. The number of benzene rings is 1. The molecule has 1 N–H and O–H groups in total. The van der Waals surface area contributed by atoms with Crippen LogP contribution in [0.2, 0.25) is 0 Å². The molecule has 0 unspecified atom stereocenters. The monoisotopic (exact) mass is 214 g/mol. The summed E-state index contributed by atoms with van der Waals surface area (Å²) < 4.78 is 5.13. The van der Waals surface area contributed by atoms with Crippen molar-refractivity contribution in [1.29, 1.82) is 0 Å². The topological polar surface area (TPSA) is 50.7 Å². The lowest BCUT2D eigenvalue weighted by molar-refractivity contribution is 0.0609. The van der Waals surface area contributed by atoms with Crippen molar-refractivity contribution in [2.45, 2.75) is 0 Å². The maximum Gasteiger partial charge on any atom is 0.344 e. The number of hydrogen-bond acceptors (Lipinski definition) is 4. The van der Waals surface area contributed by atoms with Crippen molar-refractivity contribution in [3.05, 3.63) is 60.3 Å². The van der Waals surface area contributed by atoms with Crippen LogP contribution in [0.25, 0.3) is 0 Å². The first-order chi connectivity index (χ1) is 7.86. The summed E-state index contributed by atoms with van der Waals surface area (Å²) in [5, 5.41) is 2.79. The van der Waals surface area contributed by atoms with Crippen LogP contribution in [-0.4, -0.2) is 12.2 Å². The number of carbonyl (C=O) groups is 1. The molecule has 4 heteroatoms. The minimum atomic E-state index is -0.400. The summed E-state index contributed by atoms with van der Waals surface area (Å²) >= 11 is 0. The fraction of sp³-hybridized carbons (Fsp3) is 0. The number of nitrogens with one attached hydrogen (secondary N) is 1. The third kappa shape index (κ3) is 2.57. The summed E-state index contributed by atoms with van der Waals surface area (Å²) in [6, 6.07) is 8.81. The van der Waals surface area contributed by atoms with Gasteiger partial charge in [0.05, 0.1) is 5.56 Å². The first-order valence-electron chi connectivity index (χ1n) is 4.78. The second kappa shape index (κ2) is 4.93. The average Bonchev–Trinajstić information content (AvgIpc) is 2.59. The Balaban J connectivity index is 2.06. The Hall–Kier alpha value is -2.36. The zero-order chi connectivity index (χ0) is 11.2. The average molecular weight is 214 g/mol. The molecular formula is C12H10N2O2. The van der Waals surface area contributed by atoms with E-state index in [0.717, 1.165) is 0 Å². The van der Waals surface area contributed by atoms with Crippen LogP contribution in [0.4, 0.5) is 0 Å². The van der Waals surface area contributed by atoms with E-state index in [4.69, 9.17) is 4.74 Å². The van der Waals surface area contributed by atoms with Crippen LogP contribution in [-0.2, 0) is 4.74 Å². The molecule has 0 aromatic heterocycles. The third-order valence-electron chi connectivity index (χ3n) is 1.91. The zero-order valence-electron chi connectivity index (χ0n) is 8.46. The van der Waals surface area contributed by atoms with Crippen LogP contribution < -0.4 is 5.32 Å². The molecule has 80 valence electrons. The molecule has 0 spiro atoms. The Morgan fingerprint density at radius 2 is 2.06 bits per heavy atom. The molecule has 1 aromatic rings. The molecule has 1 aromatic carbocycles. The Labute approximate surface area is 93.0 Å². The first-order valence-corrected chi connectivity index (χ1v) is 4.78. The van der Waals surface area contributed by atoms with Crippen molar-refractivity contribution in [2.75, 3.05) is 0 Å². The van der Waals surface area contributed by atoms with Gasteiger partial charge in [0.25, 0.3) is 0 Å². The molecule has 0 bridgehead atoms. The Bertz CT molecular complexity index is 461. The normalized spacial score (nSPS) is 13.6. The van der Waals surface area contributed by atoms with Crippen molar-refractivity contribution >= 4 is 12.2 Å². The van der Waals surface area contributed by atoms with E-state index in [1.165, 1.54) is 0 Å². The van der Waals surface area contributed by atoms with Gasteiger partial charge in [-0.15, -0.1) is 0 Å². The van der Waals surface area contributed by atoms with Gasteiger partial charge in [0, 0.05) is 24.7 Å². The van der Waals surface area contributed by atoms with E-state index < -0.39 is 5.97 Å². The van der Waals surface area contributed by atoms with Crippen LogP contribution in [0.15, 0.2) is 59.7 Å². The van der Waals surface area contributed by atoms with Gasteiger partial charge in [-0.25, -0.2) is 4.79 Å². The highest BCUT2D eigenvalue weighted by molar-refractivity contribution is 5.90. The molecule has 4 nitrogen and oxygen atoms in total. The molecule has 0 atom stereocenters. The van der Waals surface area contributed by atoms with Crippen molar-refractivity contribution in [1.82, 2.24) is 5.32 Å². The number of carbonyl (C=O) groups excluding carboxylic acids is 1. The van der Waals surface area contributed by atoms with Crippen molar-refractivity contribution in [3.8, 4) is 0 Å². The predicted octanol–water partition coefficient (Wildman–Crippen LogP) is 1.83. The number of hydrogen-bond donors (Lipinski definition) is 1. The molecule has 0 saturated carbocycles. The van der Waals surface area contributed by atoms with Gasteiger partial charge in [-0.05, 0) is 12.1 Å². The van der Waals surface area contributed by atoms with Crippen LogP contribution in [0.1, 0.15) is 10.4 Å². The fourth-order valence-electron chi connectivity index (χ4n) is 1.17. The highest BCUT2D eigenvalue weighted by Crippen LogP contribution is 2.04. The van der Waals surface area contributed by atoms with Crippen LogP contribution in [0.3, 0.4) is 0 Å². The smallest absolute Gasteiger partial charge is 0.344 e. The third-order valence-corrected chi connectivity index (χ3v) is 1.91. The van der Waals surface area contributed by atoms with E-state index in [9.17, 15) is 4.79 Å². The number of rotatable bonds is 2. The summed E-state index contributed by atoms with van der Waals surface area (Å²) in [5.41, 5.74) is 0.510. The molecule has 0 amide bonds. The van der Waals surface area contributed by atoms with Gasteiger partial charge in [-0.3, -0.25) is 4.99 Å². The van der Waals surface area contributed by atoms with E-state index in [2.05, 4.69) is 10.3 Å². The predicted molar refractivity (Wildman–Crippen MR) is 60.7 cm³/mol. The van der Waals surface area contributed by atoms with Gasteiger partial charge < -0.3 is 10.1 Å². The highest BCUT2D eigenvalue weighted by Gasteiger charge is 2.08. The van der Waals surface area contributed by atoms with E-state index in [0.29, 0.717) is 11.4 Å². The zero-order valence-corrected chi connectivity index (χ0v) is 8.46. The Kier molecular flexibility index (Phi) is 3.13. The highest BCUT2D eigenvalue weighted by atomic mass is 16.5. The lowest BCUT2D eigenvalue weighted by Gasteiger charge is -2.06. The number of aliphatic imine (C=N–C) groups is 1. The van der Waals surface area contributed by atoms with E-state index in [1.54, 1.807) is 49.0 Å². The van der Waals surface area contributed by atoms with E-state index in [1.807, 2.05) is 6.07 Å². The molecule has 0 radical (unpaired) electrons. The molecule has 0 fully saturated rings. The molecule has 1 aliphatic rings. The van der Waals surface area contributed by atoms with Gasteiger partial charge in [0.15, 0.2) is 0 Å². The largest absolute Gasteiger partial charge is 0.406 e. The second-order valence-electron chi connectivity index (χ2n) is 3.04. The summed E-state index contributed by atoms with van der Waals surface area (Å²) in [6.45, 7) is 0. The summed E-state index contributed by atoms with van der Waals surface area (Å²) in [6.07, 6.45) is 6.29. The molecule has 1 aliphatic heterocycles. The van der Waals surface area contributed by atoms with Gasteiger partial charge in [0.1, 0.15) is 0 Å². The van der Waals surface area contributed by atoms with Gasteiger partial charge >= 0.3 is 5.97 Å². The summed E-state index contributed by atoms with van der Waals surface area (Å²) in [7, 11) is 0. The van der Waals surface area contributed by atoms with Crippen LogP contribution in [0.5, 0.6) is 0 Å². The standard InChI is InChI=1S/C12H10N2O2/c15-12(10-4-2-1-3-5-10)16-11-6-7-13-8-9-14-11/h1-9,14H. The number of allylic oxidation sites excluding steroid dienone is 1. The second-order valence-corrected chi connectivity index (χ2v) is 3.04. The maximum absolute atomic E-state index is 11.7. The molecule has 16 heavy (non-hydrogen) atoms.